The number of carbonyl (C=O) groups is 2. The first-order valence-corrected chi connectivity index (χ1v) is 13.7. The van der Waals surface area contributed by atoms with Crippen molar-refractivity contribution in [1.82, 2.24) is 25.1 Å². The molecule has 0 aliphatic carbocycles. The first kappa shape index (κ1) is 26.9. The van der Waals surface area contributed by atoms with Crippen molar-refractivity contribution in [3.8, 4) is 11.3 Å². The Morgan fingerprint density at radius 1 is 1.11 bits per heavy atom. The molecule has 0 aliphatic heterocycles. The van der Waals surface area contributed by atoms with Gasteiger partial charge in [0.1, 0.15) is 0 Å². The second-order valence-corrected chi connectivity index (χ2v) is 10.5. The molecule has 0 saturated heterocycles. The first-order valence-electron chi connectivity index (χ1n) is 11.1. The van der Waals surface area contributed by atoms with Gasteiger partial charge in [0.25, 0.3) is 5.91 Å². The van der Waals surface area contributed by atoms with Crippen LogP contribution in [0.15, 0.2) is 71.7 Å². The summed E-state index contributed by atoms with van der Waals surface area (Å²) in [6.07, 6.45) is 1.71. The smallest absolute Gasteiger partial charge is 0.251 e. The second-order valence-electron chi connectivity index (χ2n) is 7.82. The summed E-state index contributed by atoms with van der Waals surface area (Å²) in [6, 6.07) is 13.5. The minimum Gasteiger partial charge on any atom is -0.342 e. The minimum atomic E-state index is -0.430. The molecule has 0 unspecified atom stereocenters. The molecule has 12 heteroatoms. The predicted octanol–water partition coefficient (Wildman–Crippen LogP) is 6.12. The van der Waals surface area contributed by atoms with E-state index in [-0.39, 0.29) is 17.6 Å². The summed E-state index contributed by atoms with van der Waals surface area (Å²) in [6.45, 7) is 6.04. The molecule has 2 heterocycles. The van der Waals surface area contributed by atoms with E-state index in [1.165, 1.54) is 23.1 Å². The molecule has 0 bridgehead atoms. The van der Waals surface area contributed by atoms with Crippen LogP contribution in [0.25, 0.3) is 11.3 Å². The quantitative estimate of drug-likeness (QED) is 0.175. The van der Waals surface area contributed by atoms with Gasteiger partial charge >= 0.3 is 0 Å². The number of thiazole rings is 1. The topological polar surface area (TPSA) is 102 Å². The molecule has 0 fully saturated rings. The van der Waals surface area contributed by atoms with E-state index >= 15 is 0 Å². The van der Waals surface area contributed by atoms with Crippen LogP contribution in [0, 0.1) is 0 Å². The summed E-state index contributed by atoms with van der Waals surface area (Å²) in [5, 5.41) is 18.3. The number of thioether (sulfide) groups is 1. The number of nitrogens with zero attached hydrogens (tertiary/aromatic N) is 4. The Morgan fingerprint density at radius 2 is 1.78 bits per heavy atom. The van der Waals surface area contributed by atoms with E-state index in [1.807, 2.05) is 29.0 Å². The average molecular weight is 574 g/mol. The van der Waals surface area contributed by atoms with Crippen molar-refractivity contribution in [2.45, 2.75) is 24.7 Å². The van der Waals surface area contributed by atoms with E-state index in [1.54, 1.807) is 42.5 Å². The second kappa shape index (κ2) is 12.4. The Kier molecular flexibility index (Phi) is 8.99. The molecule has 2 aromatic carbocycles. The minimum absolute atomic E-state index is 0.108. The molecule has 0 spiro atoms. The van der Waals surface area contributed by atoms with Crippen molar-refractivity contribution < 1.29 is 9.59 Å². The third-order valence-corrected chi connectivity index (χ3v) is 7.35. The molecule has 8 nitrogen and oxygen atoms in total. The molecule has 4 rings (SSSR count). The Morgan fingerprint density at radius 3 is 2.46 bits per heavy atom. The Hall–Kier alpha value is -3.18. The number of benzene rings is 2. The zero-order chi connectivity index (χ0) is 26.4. The van der Waals surface area contributed by atoms with Gasteiger partial charge in [0.15, 0.2) is 16.1 Å². The van der Waals surface area contributed by atoms with Crippen LogP contribution in [-0.2, 0) is 11.3 Å². The Labute approximate surface area is 232 Å². The molecule has 4 aromatic rings. The normalized spacial score (nSPS) is 11.6. The average Bonchev–Trinajstić information content (AvgIpc) is 3.51. The zero-order valence-electron chi connectivity index (χ0n) is 19.6. The SMILES string of the molecule is C=CCn1c(SCC(=O)Nc2nc(-c3ccc(Cl)cc3)cs2)nnc1[C@H](C)NC(=O)c1ccc(Cl)cc1. The molecule has 1 atom stereocenters. The van der Waals surface area contributed by atoms with Gasteiger partial charge in [0.05, 0.1) is 17.5 Å². The van der Waals surface area contributed by atoms with Crippen LogP contribution in [0.5, 0.6) is 0 Å². The lowest BCUT2D eigenvalue weighted by molar-refractivity contribution is -0.113. The number of anilines is 1. The summed E-state index contributed by atoms with van der Waals surface area (Å²) < 4.78 is 1.82. The van der Waals surface area contributed by atoms with E-state index in [0.29, 0.717) is 38.3 Å². The lowest BCUT2D eigenvalue weighted by Gasteiger charge is -2.15. The van der Waals surface area contributed by atoms with Crippen LogP contribution in [-0.4, -0.2) is 37.3 Å². The molecule has 0 aliphatic rings. The standard InChI is InChI=1S/C25H22Cl2N6O2S2/c1-3-12-33-22(15(2)28-23(35)17-6-10-19(27)11-7-17)31-32-25(33)37-14-21(34)30-24-29-20(13-36-24)16-4-8-18(26)9-5-16/h3-11,13,15H,1,12,14H2,2H3,(H,28,35)(H,29,30,34)/t15-/m0/s1. The summed E-state index contributed by atoms with van der Waals surface area (Å²) in [4.78, 5) is 29.7. The van der Waals surface area contributed by atoms with E-state index in [0.717, 1.165) is 11.3 Å². The summed E-state index contributed by atoms with van der Waals surface area (Å²) >= 11 is 14.4. The third-order valence-electron chi connectivity index (χ3n) is 5.12. The molecule has 190 valence electrons. The lowest BCUT2D eigenvalue weighted by atomic mass is 10.2. The van der Waals surface area contributed by atoms with E-state index in [4.69, 9.17) is 23.2 Å². The van der Waals surface area contributed by atoms with Crippen LogP contribution in [0.2, 0.25) is 10.0 Å². The molecule has 2 amide bonds. The van der Waals surface area contributed by atoms with Gasteiger partial charge in [0, 0.05) is 33.1 Å². The molecule has 37 heavy (non-hydrogen) atoms. The Bertz CT molecular complexity index is 1400. The van der Waals surface area contributed by atoms with Gasteiger partial charge in [0.2, 0.25) is 5.91 Å². The molecule has 0 radical (unpaired) electrons. The van der Waals surface area contributed by atoms with Crippen LogP contribution in [0.4, 0.5) is 5.13 Å². The number of nitrogens with one attached hydrogen (secondary N) is 2. The number of hydrogen-bond donors (Lipinski definition) is 2. The van der Waals surface area contributed by atoms with Crippen molar-refractivity contribution in [1.29, 1.82) is 0 Å². The molecular formula is C25H22Cl2N6O2S2. The molecule has 2 N–H and O–H groups in total. The van der Waals surface area contributed by atoms with Crippen molar-refractivity contribution in [2.24, 2.45) is 0 Å². The first-order chi connectivity index (χ1) is 17.8. The number of amides is 2. The van der Waals surface area contributed by atoms with E-state index in [2.05, 4.69) is 32.4 Å². The highest BCUT2D eigenvalue weighted by Gasteiger charge is 2.21. The van der Waals surface area contributed by atoms with Gasteiger partial charge in [-0.2, -0.15) is 0 Å². The highest BCUT2D eigenvalue weighted by Crippen LogP contribution is 2.27. The number of aromatic nitrogens is 4. The highest BCUT2D eigenvalue weighted by molar-refractivity contribution is 7.99. The maximum atomic E-state index is 12.6. The predicted molar refractivity (Wildman–Crippen MR) is 149 cm³/mol. The maximum absolute atomic E-state index is 12.6. The fourth-order valence-corrected chi connectivity index (χ4v) is 5.09. The van der Waals surface area contributed by atoms with Crippen molar-refractivity contribution in [2.75, 3.05) is 11.1 Å². The highest BCUT2D eigenvalue weighted by atomic mass is 35.5. The third kappa shape index (κ3) is 6.98. The van der Waals surface area contributed by atoms with Crippen LogP contribution < -0.4 is 10.6 Å². The number of halogens is 2. The fourth-order valence-electron chi connectivity index (χ4n) is 3.34. The number of rotatable bonds is 10. The molecule has 2 aromatic heterocycles. The fraction of sp³-hybridized carbons (Fsp3) is 0.160. The number of carbonyl (C=O) groups excluding carboxylic acids is 2. The van der Waals surface area contributed by atoms with E-state index in [9.17, 15) is 9.59 Å². The summed E-state index contributed by atoms with van der Waals surface area (Å²) in [7, 11) is 0. The number of hydrogen-bond acceptors (Lipinski definition) is 7. The van der Waals surface area contributed by atoms with Crippen molar-refractivity contribution in [3.63, 3.8) is 0 Å². The Balaban J connectivity index is 1.37. The maximum Gasteiger partial charge on any atom is 0.251 e. The van der Waals surface area contributed by atoms with Gasteiger partial charge in [-0.05, 0) is 43.3 Å². The van der Waals surface area contributed by atoms with Gasteiger partial charge in [-0.15, -0.1) is 28.1 Å². The van der Waals surface area contributed by atoms with Crippen LogP contribution >= 0.6 is 46.3 Å². The van der Waals surface area contributed by atoms with Crippen molar-refractivity contribution >= 4 is 63.2 Å². The lowest BCUT2D eigenvalue weighted by Crippen LogP contribution is -2.28. The van der Waals surface area contributed by atoms with Crippen LogP contribution in [0.1, 0.15) is 29.1 Å². The monoisotopic (exact) mass is 572 g/mol. The molecular weight excluding hydrogens is 551 g/mol. The molecule has 0 saturated carbocycles. The van der Waals surface area contributed by atoms with Gasteiger partial charge in [-0.25, -0.2) is 4.98 Å². The van der Waals surface area contributed by atoms with E-state index < -0.39 is 6.04 Å². The van der Waals surface area contributed by atoms with Gasteiger partial charge in [-0.3, -0.25) is 9.59 Å². The zero-order valence-corrected chi connectivity index (χ0v) is 22.8. The van der Waals surface area contributed by atoms with Gasteiger partial charge in [-0.1, -0.05) is 53.2 Å². The van der Waals surface area contributed by atoms with Gasteiger partial charge < -0.3 is 15.2 Å². The summed E-state index contributed by atoms with van der Waals surface area (Å²) in [5.74, 6) is 0.183. The number of allylic oxidation sites excluding steroid dienone is 1. The van der Waals surface area contributed by atoms with Crippen LogP contribution in [0.3, 0.4) is 0 Å². The summed E-state index contributed by atoms with van der Waals surface area (Å²) in [5.41, 5.74) is 2.16. The largest absolute Gasteiger partial charge is 0.342 e. The van der Waals surface area contributed by atoms with Crippen molar-refractivity contribution in [3.05, 3.63) is 88.0 Å².